The molecular weight excluding hydrogens is 236 g/mol. The van der Waals surface area contributed by atoms with E-state index in [9.17, 15) is 17.2 Å². The maximum absolute atomic E-state index is 12.6. The molecule has 0 aliphatic rings. The lowest BCUT2D eigenvalue weighted by atomic mass is 10.2. The summed E-state index contributed by atoms with van der Waals surface area (Å²) in [4.78, 5) is -0.171. The van der Waals surface area contributed by atoms with Gasteiger partial charge in [0.05, 0.1) is 4.90 Å². The fourth-order valence-electron chi connectivity index (χ4n) is 1.11. The fourth-order valence-corrected chi connectivity index (χ4v) is 1.85. The van der Waals surface area contributed by atoms with Crippen LogP contribution in [0.1, 0.15) is 12.5 Å². The standard InChI is InChI=1S/C10H11F2NO2S/c1-10(11,12)7-6-8-4-2-3-5-9(8)16(13,14)15/h2-7H,1H3,(H2,13,14,15)/b7-6+. The molecule has 0 atom stereocenters. The van der Waals surface area contributed by atoms with E-state index in [0.29, 0.717) is 13.0 Å². The van der Waals surface area contributed by atoms with Gasteiger partial charge in [0.2, 0.25) is 10.0 Å². The molecular formula is C10H11F2NO2S. The van der Waals surface area contributed by atoms with E-state index in [1.165, 1.54) is 18.2 Å². The molecule has 0 radical (unpaired) electrons. The van der Waals surface area contributed by atoms with Gasteiger partial charge in [-0.05, 0) is 17.7 Å². The molecule has 0 heterocycles. The molecule has 1 aromatic rings. The Kier molecular flexibility index (Phi) is 3.44. The predicted molar refractivity (Wildman–Crippen MR) is 57.5 cm³/mol. The Morgan fingerprint density at radius 1 is 1.31 bits per heavy atom. The third-order valence-electron chi connectivity index (χ3n) is 1.78. The molecule has 3 nitrogen and oxygen atoms in total. The van der Waals surface area contributed by atoms with Crippen molar-refractivity contribution >= 4 is 16.1 Å². The highest BCUT2D eigenvalue weighted by Crippen LogP contribution is 2.19. The Hall–Kier alpha value is -1.27. The number of hydrogen-bond donors (Lipinski definition) is 1. The first kappa shape index (κ1) is 12.8. The van der Waals surface area contributed by atoms with Crippen molar-refractivity contribution in [2.75, 3.05) is 0 Å². The van der Waals surface area contributed by atoms with Gasteiger partial charge in [0.25, 0.3) is 5.92 Å². The van der Waals surface area contributed by atoms with Gasteiger partial charge >= 0.3 is 0 Å². The molecule has 1 aromatic carbocycles. The predicted octanol–water partition coefficient (Wildman–Crippen LogP) is 2.00. The SMILES string of the molecule is CC(F)(F)/C=C/c1ccccc1S(N)(=O)=O. The van der Waals surface area contributed by atoms with Crippen molar-refractivity contribution in [1.29, 1.82) is 0 Å². The normalized spacial score (nSPS) is 13.2. The van der Waals surface area contributed by atoms with Crippen LogP contribution < -0.4 is 5.14 Å². The zero-order valence-corrected chi connectivity index (χ0v) is 9.34. The summed E-state index contributed by atoms with van der Waals surface area (Å²) in [5.41, 5.74) is 0.145. The van der Waals surface area contributed by atoms with Crippen LogP contribution in [-0.2, 0) is 10.0 Å². The first-order valence-electron chi connectivity index (χ1n) is 4.39. The number of allylic oxidation sites excluding steroid dienone is 1. The molecule has 1 rings (SSSR count). The number of halogens is 2. The summed E-state index contributed by atoms with van der Waals surface area (Å²) in [5, 5.41) is 4.95. The van der Waals surface area contributed by atoms with E-state index in [1.807, 2.05) is 0 Å². The van der Waals surface area contributed by atoms with Gasteiger partial charge in [0.15, 0.2) is 0 Å². The monoisotopic (exact) mass is 247 g/mol. The van der Waals surface area contributed by atoms with Crippen molar-refractivity contribution < 1.29 is 17.2 Å². The lowest BCUT2D eigenvalue weighted by Gasteiger charge is -2.05. The maximum Gasteiger partial charge on any atom is 0.264 e. The topological polar surface area (TPSA) is 60.2 Å². The van der Waals surface area contributed by atoms with Crippen LogP contribution in [0.4, 0.5) is 8.78 Å². The largest absolute Gasteiger partial charge is 0.264 e. The zero-order valence-electron chi connectivity index (χ0n) is 8.52. The van der Waals surface area contributed by atoms with Crippen molar-refractivity contribution in [1.82, 2.24) is 0 Å². The van der Waals surface area contributed by atoms with Crippen LogP contribution >= 0.6 is 0 Å². The molecule has 0 bridgehead atoms. The van der Waals surface area contributed by atoms with Crippen molar-refractivity contribution in [2.45, 2.75) is 17.7 Å². The van der Waals surface area contributed by atoms with Crippen molar-refractivity contribution in [3.8, 4) is 0 Å². The summed E-state index contributed by atoms with van der Waals surface area (Å²) in [5.74, 6) is -2.99. The Labute approximate surface area is 92.6 Å². The van der Waals surface area contributed by atoms with Gasteiger partial charge in [-0.3, -0.25) is 0 Å². The van der Waals surface area contributed by atoms with Gasteiger partial charge in [-0.15, -0.1) is 0 Å². The van der Waals surface area contributed by atoms with Crippen LogP contribution in [0.2, 0.25) is 0 Å². The van der Waals surface area contributed by atoms with Crippen molar-refractivity contribution in [3.63, 3.8) is 0 Å². The molecule has 0 aliphatic heterocycles. The number of alkyl halides is 2. The fraction of sp³-hybridized carbons (Fsp3) is 0.200. The Balaban J connectivity index is 3.21. The van der Waals surface area contributed by atoms with E-state index >= 15 is 0 Å². The van der Waals surface area contributed by atoms with Crippen LogP contribution in [0, 0.1) is 0 Å². The molecule has 88 valence electrons. The lowest BCUT2D eigenvalue weighted by molar-refractivity contribution is 0.0784. The molecule has 0 saturated carbocycles. The number of hydrogen-bond acceptors (Lipinski definition) is 2. The van der Waals surface area contributed by atoms with Gasteiger partial charge in [0.1, 0.15) is 0 Å². The highest BCUT2D eigenvalue weighted by molar-refractivity contribution is 7.89. The number of rotatable bonds is 3. The van der Waals surface area contributed by atoms with E-state index in [0.717, 1.165) is 6.08 Å². The Morgan fingerprint density at radius 3 is 2.38 bits per heavy atom. The second-order valence-corrected chi connectivity index (χ2v) is 4.90. The van der Waals surface area contributed by atoms with Crippen LogP contribution in [0.25, 0.3) is 6.08 Å². The third kappa shape index (κ3) is 3.71. The second-order valence-electron chi connectivity index (χ2n) is 3.37. The van der Waals surface area contributed by atoms with E-state index < -0.39 is 15.9 Å². The summed E-state index contributed by atoms with van der Waals surface area (Å²) < 4.78 is 47.4. The second kappa shape index (κ2) is 4.31. The van der Waals surface area contributed by atoms with E-state index in [1.54, 1.807) is 6.07 Å². The van der Waals surface area contributed by atoms with Gasteiger partial charge in [-0.25, -0.2) is 22.3 Å². The summed E-state index contributed by atoms with van der Waals surface area (Å²) in [6.07, 6.45) is 1.66. The molecule has 2 N–H and O–H groups in total. The smallest absolute Gasteiger partial charge is 0.225 e. The minimum atomic E-state index is -3.90. The summed E-state index contributed by atoms with van der Waals surface area (Å²) in [6.45, 7) is 0.711. The Bertz CT molecular complexity index is 504. The zero-order chi connectivity index (χ0) is 12.4. The average molecular weight is 247 g/mol. The van der Waals surface area contributed by atoms with Crippen LogP contribution in [0.15, 0.2) is 35.2 Å². The molecule has 0 spiro atoms. The van der Waals surface area contributed by atoms with Gasteiger partial charge < -0.3 is 0 Å². The average Bonchev–Trinajstić information content (AvgIpc) is 2.12. The van der Waals surface area contributed by atoms with E-state index in [-0.39, 0.29) is 10.5 Å². The Morgan fingerprint density at radius 2 is 1.88 bits per heavy atom. The van der Waals surface area contributed by atoms with Crippen molar-refractivity contribution in [2.24, 2.45) is 5.14 Å². The molecule has 16 heavy (non-hydrogen) atoms. The maximum atomic E-state index is 12.6. The molecule has 0 amide bonds. The van der Waals surface area contributed by atoms with Crippen molar-refractivity contribution in [3.05, 3.63) is 35.9 Å². The van der Waals surface area contributed by atoms with Gasteiger partial charge in [0, 0.05) is 6.92 Å². The number of benzene rings is 1. The third-order valence-corrected chi connectivity index (χ3v) is 2.77. The highest BCUT2D eigenvalue weighted by Gasteiger charge is 2.17. The molecule has 0 aliphatic carbocycles. The molecule has 0 aromatic heterocycles. The first-order chi connectivity index (χ1) is 7.20. The summed E-state index contributed by atoms with van der Waals surface area (Å²) >= 11 is 0. The van der Waals surface area contributed by atoms with Gasteiger partial charge in [-0.1, -0.05) is 24.3 Å². The minimum Gasteiger partial charge on any atom is -0.225 e. The lowest BCUT2D eigenvalue weighted by Crippen LogP contribution is -2.13. The molecule has 0 fully saturated rings. The highest BCUT2D eigenvalue weighted by atomic mass is 32.2. The quantitative estimate of drug-likeness (QED) is 0.888. The number of primary sulfonamides is 1. The van der Waals surface area contributed by atoms with Gasteiger partial charge in [-0.2, -0.15) is 0 Å². The minimum absolute atomic E-state index is 0.145. The summed E-state index contributed by atoms with van der Waals surface area (Å²) in [6, 6.07) is 5.69. The first-order valence-corrected chi connectivity index (χ1v) is 5.94. The summed E-state index contributed by atoms with van der Waals surface area (Å²) in [7, 11) is -3.90. The van der Waals surface area contributed by atoms with E-state index in [2.05, 4.69) is 0 Å². The number of nitrogens with two attached hydrogens (primary N) is 1. The van der Waals surface area contributed by atoms with Crippen LogP contribution in [0.3, 0.4) is 0 Å². The van der Waals surface area contributed by atoms with Crippen LogP contribution in [0.5, 0.6) is 0 Å². The van der Waals surface area contributed by atoms with E-state index in [4.69, 9.17) is 5.14 Å². The number of sulfonamides is 1. The van der Waals surface area contributed by atoms with Crippen LogP contribution in [-0.4, -0.2) is 14.3 Å². The molecule has 0 unspecified atom stereocenters. The molecule has 6 heteroatoms. The molecule has 0 saturated heterocycles.